The smallest absolute Gasteiger partial charge is 0.272 e. The van der Waals surface area contributed by atoms with Gasteiger partial charge in [0, 0.05) is 28.9 Å². The summed E-state index contributed by atoms with van der Waals surface area (Å²) >= 11 is 0. The van der Waals surface area contributed by atoms with E-state index < -0.39 is 22.6 Å². The van der Waals surface area contributed by atoms with E-state index in [-0.39, 0.29) is 22.6 Å². The minimum atomic E-state index is -0.712. The first-order valence-corrected chi connectivity index (χ1v) is 8.82. The third-order valence-electron chi connectivity index (χ3n) is 4.07. The number of rotatable bonds is 6. The Morgan fingerprint density at radius 2 is 1.53 bits per heavy atom. The highest BCUT2D eigenvalue weighted by molar-refractivity contribution is 6.10. The predicted molar refractivity (Wildman–Crippen MR) is 110 cm³/mol. The second-order valence-corrected chi connectivity index (χ2v) is 6.16. The molecule has 0 aliphatic carbocycles. The zero-order valence-electron chi connectivity index (χ0n) is 15.5. The van der Waals surface area contributed by atoms with Gasteiger partial charge in [0.1, 0.15) is 11.5 Å². The molecule has 0 bridgehead atoms. The van der Waals surface area contributed by atoms with Crippen LogP contribution in [0.15, 0.2) is 84.6 Å². The molecule has 8 heteroatoms. The number of nitro groups is 1. The summed E-state index contributed by atoms with van der Waals surface area (Å²) in [4.78, 5) is 35.5. The van der Waals surface area contributed by atoms with Crippen molar-refractivity contribution in [1.29, 1.82) is 0 Å². The number of benzene rings is 3. The summed E-state index contributed by atoms with van der Waals surface area (Å²) in [6.45, 7) is 0. The molecule has 0 radical (unpaired) electrons. The predicted octanol–water partition coefficient (Wildman–Crippen LogP) is 4.14. The molecule has 3 aromatic carbocycles. The molecular weight excluding hydrogens is 389 g/mol. The van der Waals surface area contributed by atoms with Gasteiger partial charge in [-0.1, -0.05) is 36.4 Å². The van der Waals surface area contributed by atoms with Crippen LogP contribution in [0.4, 0.5) is 15.8 Å². The second kappa shape index (κ2) is 9.24. The van der Waals surface area contributed by atoms with Crippen LogP contribution in [0.1, 0.15) is 15.9 Å². The van der Waals surface area contributed by atoms with Crippen molar-refractivity contribution in [3.8, 4) is 0 Å². The molecule has 0 spiro atoms. The van der Waals surface area contributed by atoms with Crippen molar-refractivity contribution in [1.82, 2.24) is 5.32 Å². The first kappa shape index (κ1) is 20.4. The molecule has 3 aromatic rings. The molecule has 2 amide bonds. The highest BCUT2D eigenvalue weighted by Gasteiger charge is 2.16. The molecule has 0 atom stereocenters. The van der Waals surface area contributed by atoms with E-state index >= 15 is 0 Å². The lowest BCUT2D eigenvalue weighted by Gasteiger charge is -2.11. The first-order chi connectivity index (χ1) is 14.4. The zero-order valence-corrected chi connectivity index (χ0v) is 15.5. The summed E-state index contributed by atoms with van der Waals surface area (Å²) in [6, 6.07) is 19.2. The molecule has 0 saturated carbocycles. The molecule has 0 aliphatic rings. The van der Waals surface area contributed by atoms with Gasteiger partial charge in [0.05, 0.1) is 4.92 Å². The van der Waals surface area contributed by atoms with E-state index in [1.807, 2.05) is 0 Å². The topological polar surface area (TPSA) is 101 Å². The molecule has 7 nitrogen and oxygen atoms in total. The summed E-state index contributed by atoms with van der Waals surface area (Å²) < 4.78 is 14.1. The van der Waals surface area contributed by atoms with Crippen molar-refractivity contribution in [3.63, 3.8) is 0 Å². The summed E-state index contributed by atoms with van der Waals surface area (Å²) in [5.74, 6) is -1.82. The maximum absolute atomic E-state index is 14.1. The second-order valence-electron chi connectivity index (χ2n) is 6.16. The Hall–Kier alpha value is -4.33. The average molecular weight is 405 g/mol. The number of nitro benzene ring substituents is 1. The Morgan fingerprint density at radius 3 is 2.17 bits per heavy atom. The molecule has 0 fully saturated rings. The van der Waals surface area contributed by atoms with E-state index in [1.165, 1.54) is 48.5 Å². The molecule has 30 heavy (non-hydrogen) atoms. The Labute approximate surface area is 171 Å². The quantitative estimate of drug-likeness (QED) is 0.365. The van der Waals surface area contributed by atoms with E-state index in [0.717, 1.165) is 0 Å². The van der Waals surface area contributed by atoms with Crippen molar-refractivity contribution in [2.45, 2.75) is 0 Å². The van der Waals surface area contributed by atoms with E-state index in [4.69, 9.17) is 0 Å². The van der Waals surface area contributed by atoms with Gasteiger partial charge in [-0.15, -0.1) is 0 Å². The van der Waals surface area contributed by atoms with Gasteiger partial charge in [-0.3, -0.25) is 19.7 Å². The highest BCUT2D eigenvalue weighted by Crippen LogP contribution is 2.17. The van der Waals surface area contributed by atoms with Crippen LogP contribution < -0.4 is 10.6 Å². The number of carbonyl (C=O) groups excluding carboxylic acids is 2. The van der Waals surface area contributed by atoms with Gasteiger partial charge >= 0.3 is 0 Å². The van der Waals surface area contributed by atoms with Crippen molar-refractivity contribution >= 4 is 29.3 Å². The van der Waals surface area contributed by atoms with E-state index in [2.05, 4.69) is 10.6 Å². The molecule has 0 saturated heterocycles. The van der Waals surface area contributed by atoms with Crippen LogP contribution in [-0.4, -0.2) is 16.7 Å². The fourth-order valence-corrected chi connectivity index (χ4v) is 2.55. The number of anilines is 1. The average Bonchev–Trinajstić information content (AvgIpc) is 2.75. The number of halogens is 1. The van der Waals surface area contributed by atoms with Crippen LogP contribution in [0.5, 0.6) is 0 Å². The van der Waals surface area contributed by atoms with Gasteiger partial charge < -0.3 is 10.6 Å². The number of nitrogens with zero attached hydrogens (tertiary/aromatic N) is 1. The van der Waals surface area contributed by atoms with Crippen molar-refractivity contribution in [2.75, 3.05) is 5.32 Å². The summed E-state index contributed by atoms with van der Waals surface area (Å²) in [7, 11) is 0. The Bertz CT molecular complexity index is 1110. The Balaban J connectivity index is 1.88. The van der Waals surface area contributed by atoms with Crippen LogP contribution in [-0.2, 0) is 4.79 Å². The number of non-ortho nitro benzene ring substituents is 1. The van der Waals surface area contributed by atoms with Gasteiger partial charge in [-0.25, -0.2) is 4.39 Å². The van der Waals surface area contributed by atoms with E-state index in [0.29, 0.717) is 5.56 Å². The van der Waals surface area contributed by atoms with Crippen LogP contribution in [0.2, 0.25) is 0 Å². The number of hydrogen-bond donors (Lipinski definition) is 2. The third-order valence-corrected chi connectivity index (χ3v) is 4.07. The normalized spacial score (nSPS) is 10.9. The Kier molecular flexibility index (Phi) is 6.29. The molecular formula is C22H16FN3O4. The van der Waals surface area contributed by atoms with Gasteiger partial charge in [0.2, 0.25) is 0 Å². The van der Waals surface area contributed by atoms with Gasteiger partial charge in [-0.05, 0) is 36.4 Å². The van der Waals surface area contributed by atoms with Crippen molar-refractivity contribution in [3.05, 3.63) is 112 Å². The number of carbonyl (C=O) groups is 2. The molecule has 0 unspecified atom stereocenters. The largest absolute Gasteiger partial charge is 0.321 e. The fraction of sp³-hybridized carbons (Fsp3) is 0. The molecule has 0 aliphatic heterocycles. The summed E-state index contributed by atoms with van der Waals surface area (Å²) in [5.41, 5.74) is 0.388. The van der Waals surface area contributed by atoms with Crippen molar-refractivity contribution < 1.29 is 18.9 Å². The third kappa shape index (κ3) is 5.14. The molecule has 2 N–H and O–H groups in total. The van der Waals surface area contributed by atoms with Crippen LogP contribution in [0.3, 0.4) is 0 Å². The van der Waals surface area contributed by atoms with Crippen LogP contribution in [0, 0.1) is 15.9 Å². The van der Waals surface area contributed by atoms with Crippen molar-refractivity contribution in [2.24, 2.45) is 0 Å². The highest BCUT2D eigenvalue weighted by atomic mass is 19.1. The number of amides is 2. The Morgan fingerprint density at radius 1 is 0.900 bits per heavy atom. The first-order valence-electron chi connectivity index (χ1n) is 8.82. The lowest BCUT2D eigenvalue weighted by Crippen LogP contribution is -2.30. The maximum Gasteiger partial charge on any atom is 0.272 e. The lowest BCUT2D eigenvalue weighted by atomic mass is 10.1. The monoisotopic (exact) mass is 405 g/mol. The number of hydrogen-bond acceptors (Lipinski definition) is 4. The lowest BCUT2D eigenvalue weighted by molar-refractivity contribution is -0.384. The summed E-state index contributed by atoms with van der Waals surface area (Å²) in [6.07, 6.45) is 1.22. The van der Waals surface area contributed by atoms with Gasteiger partial charge in [0.25, 0.3) is 17.5 Å². The SMILES string of the molecule is O=C(Nc1ccc([N+](=O)[O-])cc1)C(=Cc1ccccc1F)NC(=O)c1ccccc1. The maximum atomic E-state index is 14.1. The molecule has 0 aromatic heterocycles. The van der Waals surface area contributed by atoms with E-state index in [9.17, 15) is 24.1 Å². The fourth-order valence-electron chi connectivity index (χ4n) is 2.55. The molecule has 3 rings (SSSR count). The zero-order chi connectivity index (χ0) is 21.5. The number of nitrogens with one attached hydrogen (secondary N) is 2. The van der Waals surface area contributed by atoms with Gasteiger partial charge in [-0.2, -0.15) is 0 Å². The van der Waals surface area contributed by atoms with Crippen LogP contribution in [0.25, 0.3) is 6.08 Å². The minimum Gasteiger partial charge on any atom is -0.321 e. The van der Waals surface area contributed by atoms with Gasteiger partial charge in [0.15, 0.2) is 0 Å². The molecule has 0 heterocycles. The summed E-state index contributed by atoms with van der Waals surface area (Å²) in [5, 5.41) is 15.8. The van der Waals surface area contributed by atoms with E-state index in [1.54, 1.807) is 36.4 Å². The molecule has 150 valence electrons. The standard InChI is InChI=1S/C22H16FN3O4/c23-19-9-5-4-8-16(19)14-20(25-21(27)15-6-2-1-3-7-15)22(28)24-17-10-12-18(13-11-17)26(29)30/h1-14H,(H,24,28)(H,25,27). The van der Waals surface area contributed by atoms with Crippen LogP contribution >= 0.6 is 0 Å². The minimum absolute atomic E-state index is 0.111.